The Morgan fingerprint density at radius 1 is 1.50 bits per heavy atom. The van der Waals surface area contributed by atoms with Crippen molar-refractivity contribution in [2.24, 2.45) is 11.3 Å². The van der Waals surface area contributed by atoms with Gasteiger partial charge in [0.25, 0.3) is 0 Å². The maximum absolute atomic E-state index is 11.5. The highest BCUT2D eigenvalue weighted by Crippen LogP contribution is 2.13. The predicted octanol–water partition coefficient (Wildman–Crippen LogP) is 1.18. The van der Waals surface area contributed by atoms with Gasteiger partial charge >= 0.3 is 0 Å². The van der Waals surface area contributed by atoms with Crippen molar-refractivity contribution in [3.63, 3.8) is 0 Å². The molecule has 0 aromatic carbocycles. The summed E-state index contributed by atoms with van der Waals surface area (Å²) in [6.07, 6.45) is 1.18. The molecule has 0 bridgehead atoms. The number of carbonyl (C=O) groups is 1. The quantitative estimate of drug-likeness (QED) is 0.734. The summed E-state index contributed by atoms with van der Waals surface area (Å²) in [6.45, 7) is 8.78. The van der Waals surface area contributed by atoms with E-state index in [1.165, 1.54) is 6.42 Å². The Hall–Kier alpha value is -0.280. The lowest BCUT2D eigenvalue weighted by molar-refractivity contribution is -0.128. The van der Waals surface area contributed by atoms with Crippen LogP contribution in [0.15, 0.2) is 0 Å². The molecule has 84 valence electrons. The first-order chi connectivity index (χ1) is 6.00. The maximum Gasteiger partial charge on any atom is 0.225 e. The molecule has 0 aliphatic carbocycles. The fraction of sp³-hybridized carbons (Fsp3) is 0.900. The predicted molar refractivity (Wildman–Crippen MR) is 60.7 cm³/mol. The van der Waals surface area contributed by atoms with E-state index in [4.69, 9.17) is 0 Å². The van der Waals surface area contributed by atoms with Crippen LogP contribution in [0.2, 0.25) is 0 Å². The standard InChI is InChI=1S/C10H20N2O.ClH/c1-10(2,3)9(13)12-7-8-4-5-11-6-8;/h8,11H,4-7H2,1-3H3,(H,12,13);1H. The molecule has 1 aliphatic heterocycles. The molecule has 3 nitrogen and oxygen atoms in total. The minimum atomic E-state index is -0.258. The monoisotopic (exact) mass is 220 g/mol. The minimum Gasteiger partial charge on any atom is -0.355 e. The van der Waals surface area contributed by atoms with Gasteiger partial charge in [-0.3, -0.25) is 4.79 Å². The second-order valence-corrected chi connectivity index (χ2v) is 4.82. The Bertz CT molecular complexity index is 183. The van der Waals surface area contributed by atoms with Gasteiger partial charge in [0.05, 0.1) is 0 Å². The second-order valence-electron chi connectivity index (χ2n) is 4.82. The van der Waals surface area contributed by atoms with E-state index in [0.717, 1.165) is 19.6 Å². The molecule has 0 saturated carbocycles. The van der Waals surface area contributed by atoms with E-state index in [-0.39, 0.29) is 23.7 Å². The van der Waals surface area contributed by atoms with Crippen LogP contribution in [0.1, 0.15) is 27.2 Å². The summed E-state index contributed by atoms with van der Waals surface area (Å²) >= 11 is 0. The van der Waals surface area contributed by atoms with Crippen LogP contribution in [-0.2, 0) is 4.79 Å². The van der Waals surface area contributed by atoms with Crippen LogP contribution in [0, 0.1) is 11.3 Å². The molecule has 1 rings (SSSR count). The third-order valence-electron chi connectivity index (χ3n) is 2.39. The van der Waals surface area contributed by atoms with Gasteiger partial charge in [0.1, 0.15) is 0 Å². The highest BCUT2D eigenvalue weighted by atomic mass is 35.5. The van der Waals surface area contributed by atoms with Crippen LogP contribution in [0.3, 0.4) is 0 Å². The molecule has 2 N–H and O–H groups in total. The first kappa shape index (κ1) is 13.7. The van der Waals surface area contributed by atoms with Crippen molar-refractivity contribution < 1.29 is 4.79 Å². The topological polar surface area (TPSA) is 41.1 Å². The molecule has 1 fully saturated rings. The van der Waals surface area contributed by atoms with Crippen LogP contribution < -0.4 is 10.6 Å². The second kappa shape index (κ2) is 5.56. The van der Waals surface area contributed by atoms with E-state index in [1.54, 1.807) is 0 Å². The molecule has 0 aromatic rings. The molecule has 4 heteroatoms. The molecule has 1 unspecified atom stereocenters. The van der Waals surface area contributed by atoms with Crippen molar-refractivity contribution in [2.75, 3.05) is 19.6 Å². The lowest BCUT2D eigenvalue weighted by Gasteiger charge is -2.19. The summed E-state index contributed by atoms with van der Waals surface area (Å²) in [7, 11) is 0. The Labute approximate surface area is 92.4 Å². The summed E-state index contributed by atoms with van der Waals surface area (Å²) in [5.74, 6) is 0.783. The first-order valence-electron chi connectivity index (χ1n) is 4.99. The third kappa shape index (κ3) is 4.29. The Morgan fingerprint density at radius 2 is 2.14 bits per heavy atom. The summed E-state index contributed by atoms with van der Waals surface area (Å²) in [6, 6.07) is 0. The number of amides is 1. The molecule has 14 heavy (non-hydrogen) atoms. The number of nitrogens with one attached hydrogen (secondary N) is 2. The van der Waals surface area contributed by atoms with E-state index in [1.807, 2.05) is 20.8 Å². The third-order valence-corrected chi connectivity index (χ3v) is 2.39. The van der Waals surface area contributed by atoms with Gasteiger partial charge < -0.3 is 10.6 Å². The van der Waals surface area contributed by atoms with Crippen molar-refractivity contribution >= 4 is 18.3 Å². The fourth-order valence-corrected chi connectivity index (χ4v) is 1.39. The van der Waals surface area contributed by atoms with Crippen molar-refractivity contribution in [3.05, 3.63) is 0 Å². The zero-order chi connectivity index (χ0) is 9.90. The van der Waals surface area contributed by atoms with Gasteiger partial charge in [-0.1, -0.05) is 20.8 Å². The summed E-state index contributed by atoms with van der Waals surface area (Å²) in [5.41, 5.74) is -0.258. The van der Waals surface area contributed by atoms with Crippen LogP contribution >= 0.6 is 12.4 Å². The molecule has 1 atom stereocenters. The van der Waals surface area contributed by atoms with Crippen molar-refractivity contribution in [1.29, 1.82) is 0 Å². The van der Waals surface area contributed by atoms with Crippen molar-refractivity contribution in [1.82, 2.24) is 10.6 Å². The highest BCUT2D eigenvalue weighted by Gasteiger charge is 2.22. The van der Waals surface area contributed by atoms with Crippen molar-refractivity contribution in [3.8, 4) is 0 Å². The van der Waals surface area contributed by atoms with Gasteiger partial charge in [-0.05, 0) is 25.4 Å². The lowest BCUT2D eigenvalue weighted by Crippen LogP contribution is -2.38. The van der Waals surface area contributed by atoms with Crippen LogP contribution in [0.5, 0.6) is 0 Å². The van der Waals surface area contributed by atoms with Gasteiger partial charge in [0.2, 0.25) is 5.91 Å². The van der Waals surface area contributed by atoms with Gasteiger partial charge in [0.15, 0.2) is 0 Å². The number of hydrogen-bond donors (Lipinski definition) is 2. The van der Waals surface area contributed by atoms with E-state index in [0.29, 0.717) is 5.92 Å². The smallest absolute Gasteiger partial charge is 0.225 e. The van der Waals surface area contributed by atoms with E-state index >= 15 is 0 Å². The summed E-state index contributed by atoms with van der Waals surface area (Å²) < 4.78 is 0. The molecule has 1 heterocycles. The maximum atomic E-state index is 11.5. The molecular formula is C10H21ClN2O. The first-order valence-corrected chi connectivity index (χ1v) is 4.99. The molecular weight excluding hydrogens is 200 g/mol. The average molecular weight is 221 g/mol. The van der Waals surface area contributed by atoms with E-state index < -0.39 is 0 Å². The molecule has 0 radical (unpaired) electrons. The highest BCUT2D eigenvalue weighted by molar-refractivity contribution is 5.85. The van der Waals surface area contributed by atoms with Crippen LogP contribution in [-0.4, -0.2) is 25.5 Å². The normalized spacial score (nSPS) is 21.5. The zero-order valence-electron chi connectivity index (χ0n) is 9.22. The Morgan fingerprint density at radius 3 is 2.57 bits per heavy atom. The van der Waals surface area contributed by atoms with Crippen LogP contribution in [0.25, 0.3) is 0 Å². The van der Waals surface area contributed by atoms with E-state index in [2.05, 4.69) is 10.6 Å². The van der Waals surface area contributed by atoms with Gasteiger partial charge in [-0.25, -0.2) is 0 Å². The number of hydrogen-bond acceptors (Lipinski definition) is 2. The van der Waals surface area contributed by atoms with Gasteiger partial charge in [-0.15, -0.1) is 12.4 Å². The SMILES string of the molecule is CC(C)(C)C(=O)NCC1CCNC1.Cl. The average Bonchev–Trinajstić information content (AvgIpc) is 2.50. The molecule has 1 aliphatic rings. The molecule has 1 amide bonds. The molecule has 0 spiro atoms. The molecule has 1 saturated heterocycles. The van der Waals surface area contributed by atoms with E-state index in [9.17, 15) is 4.79 Å². The molecule has 0 aromatic heterocycles. The number of rotatable bonds is 2. The zero-order valence-corrected chi connectivity index (χ0v) is 10.0. The fourth-order valence-electron chi connectivity index (χ4n) is 1.39. The number of carbonyl (C=O) groups excluding carboxylic acids is 1. The summed E-state index contributed by atoms with van der Waals surface area (Å²) in [4.78, 5) is 11.5. The van der Waals surface area contributed by atoms with Crippen LogP contribution in [0.4, 0.5) is 0 Å². The number of halogens is 1. The summed E-state index contributed by atoms with van der Waals surface area (Å²) in [5, 5.41) is 6.27. The van der Waals surface area contributed by atoms with Gasteiger partial charge in [-0.2, -0.15) is 0 Å². The van der Waals surface area contributed by atoms with Crippen molar-refractivity contribution in [2.45, 2.75) is 27.2 Å². The Kier molecular flexibility index (Phi) is 5.45. The lowest BCUT2D eigenvalue weighted by atomic mass is 9.95. The minimum absolute atomic E-state index is 0. The Balaban J connectivity index is 0.00000169. The largest absolute Gasteiger partial charge is 0.355 e. The van der Waals surface area contributed by atoms with Gasteiger partial charge in [0, 0.05) is 12.0 Å².